The van der Waals surface area contributed by atoms with E-state index < -0.39 is 67.3 Å². The number of rotatable bonds is 9. The van der Waals surface area contributed by atoms with Crippen LogP contribution < -0.4 is 0 Å². The molecule has 0 aromatic carbocycles. The minimum atomic E-state index is -7.93. The molecule has 0 saturated carbocycles. The summed E-state index contributed by atoms with van der Waals surface area (Å²) in [5.74, 6) is -38.0. The summed E-state index contributed by atoms with van der Waals surface area (Å²) in [5, 5.41) is 24.8. The van der Waals surface area contributed by atoms with Crippen molar-refractivity contribution in [2.24, 2.45) is 0 Å². The maximum atomic E-state index is 13.1. The number of carboxylic acid groups (broad SMARTS) is 1. The second kappa shape index (κ2) is 9.79. The molecular weight excluding hydrogens is 479 g/mol. The SMILES string of the molecule is C=C(C)C(=O)O.OCC(O)CCC(F)(F)C(F)(F)C(F)(F)C(F)(F)C(F)(F)C(F)(F)F. The molecule has 1 unspecified atom stereocenters. The fourth-order valence-corrected chi connectivity index (χ4v) is 1.40. The Morgan fingerprint density at radius 1 is 0.806 bits per heavy atom. The van der Waals surface area contributed by atoms with Crippen LogP contribution in [0.5, 0.6) is 0 Å². The van der Waals surface area contributed by atoms with Crippen molar-refractivity contribution in [1.82, 2.24) is 0 Å². The third kappa shape index (κ3) is 6.36. The molecule has 0 aliphatic heterocycles. The Bertz CT molecular complexity index is 616. The smallest absolute Gasteiger partial charge is 0.460 e. The van der Waals surface area contributed by atoms with Gasteiger partial charge < -0.3 is 15.3 Å². The lowest BCUT2D eigenvalue weighted by Crippen LogP contribution is -2.70. The number of aliphatic hydroxyl groups is 2. The van der Waals surface area contributed by atoms with Crippen LogP contribution >= 0.6 is 0 Å². The molecule has 0 aromatic heterocycles. The van der Waals surface area contributed by atoms with Crippen LogP contribution in [0.2, 0.25) is 0 Å². The van der Waals surface area contributed by atoms with Gasteiger partial charge in [-0.25, -0.2) is 4.79 Å². The average molecular weight is 494 g/mol. The maximum Gasteiger partial charge on any atom is 0.460 e. The Kier molecular flexibility index (Phi) is 9.92. The summed E-state index contributed by atoms with van der Waals surface area (Å²) in [4.78, 5) is 9.60. The standard InChI is InChI=1S/C10H9F13O2.C4H6O2/c11-5(12,2-1-4(25)3-24)6(13,14)7(15,16)8(17,18)9(19,20)10(21,22)23;1-3(2)4(5)6/h4,24-25H,1-3H2;1H2,2H3,(H,5,6). The van der Waals surface area contributed by atoms with E-state index in [4.69, 9.17) is 15.3 Å². The molecule has 31 heavy (non-hydrogen) atoms. The molecule has 0 aliphatic rings. The lowest BCUT2D eigenvalue weighted by Gasteiger charge is -2.39. The van der Waals surface area contributed by atoms with Crippen molar-refractivity contribution < 1.29 is 77.2 Å². The number of hydrogen-bond acceptors (Lipinski definition) is 3. The number of alkyl halides is 13. The van der Waals surface area contributed by atoms with Gasteiger partial charge in [0.2, 0.25) is 0 Å². The Morgan fingerprint density at radius 2 is 1.13 bits per heavy atom. The number of carbonyl (C=O) groups is 1. The predicted octanol–water partition coefficient (Wildman–Crippen LogP) is 4.51. The molecule has 0 aromatic rings. The first-order valence-corrected chi connectivity index (χ1v) is 7.48. The average Bonchev–Trinajstić information content (AvgIpc) is 2.58. The highest BCUT2D eigenvalue weighted by atomic mass is 19.4. The van der Waals surface area contributed by atoms with Gasteiger partial charge in [0.15, 0.2) is 0 Å². The van der Waals surface area contributed by atoms with Crippen LogP contribution in [0.1, 0.15) is 19.8 Å². The zero-order valence-corrected chi connectivity index (χ0v) is 15.1. The quantitative estimate of drug-likeness (QED) is 0.326. The molecule has 0 bridgehead atoms. The zero-order valence-electron chi connectivity index (χ0n) is 15.1. The van der Waals surface area contributed by atoms with Gasteiger partial charge >= 0.3 is 41.8 Å². The minimum absolute atomic E-state index is 0.176. The molecule has 0 radical (unpaired) electrons. The highest BCUT2D eigenvalue weighted by Gasteiger charge is 2.90. The first-order valence-electron chi connectivity index (χ1n) is 7.48. The van der Waals surface area contributed by atoms with E-state index in [9.17, 15) is 61.9 Å². The fourth-order valence-electron chi connectivity index (χ4n) is 1.40. The summed E-state index contributed by atoms with van der Waals surface area (Å²) in [6, 6.07) is 0. The van der Waals surface area contributed by atoms with Crippen molar-refractivity contribution >= 4 is 5.97 Å². The van der Waals surface area contributed by atoms with Crippen LogP contribution in [0.15, 0.2) is 12.2 Å². The van der Waals surface area contributed by atoms with Gasteiger partial charge in [0.05, 0.1) is 12.7 Å². The topological polar surface area (TPSA) is 77.8 Å². The first kappa shape index (κ1) is 31.4. The molecule has 3 N–H and O–H groups in total. The molecule has 0 rings (SSSR count). The minimum Gasteiger partial charge on any atom is -0.478 e. The van der Waals surface area contributed by atoms with E-state index in [0.29, 0.717) is 0 Å². The van der Waals surface area contributed by atoms with Gasteiger partial charge in [-0.3, -0.25) is 0 Å². The van der Waals surface area contributed by atoms with Crippen LogP contribution in [0.25, 0.3) is 0 Å². The third-order valence-electron chi connectivity index (χ3n) is 3.37. The Morgan fingerprint density at radius 3 is 1.39 bits per heavy atom. The molecule has 4 nitrogen and oxygen atoms in total. The van der Waals surface area contributed by atoms with Crippen molar-refractivity contribution in [2.75, 3.05) is 6.61 Å². The van der Waals surface area contributed by atoms with Gasteiger partial charge in [-0.05, 0) is 13.3 Å². The predicted molar refractivity (Wildman–Crippen MR) is 75.6 cm³/mol. The summed E-state index contributed by atoms with van der Waals surface area (Å²) in [7, 11) is 0. The highest BCUT2D eigenvalue weighted by molar-refractivity contribution is 5.84. The van der Waals surface area contributed by atoms with Gasteiger partial charge in [0, 0.05) is 12.0 Å². The molecule has 186 valence electrons. The van der Waals surface area contributed by atoms with Gasteiger partial charge in [-0.15, -0.1) is 0 Å². The number of hydrogen-bond donors (Lipinski definition) is 3. The lowest BCUT2D eigenvalue weighted by atomic mass is 9.91. The Balaban J connectivity index is 0. The fraction of sp³-hybridized carbons (Fsp3) is 0.786. The van der Waals surface area contributed by atoms with E-state index in [-0.39, 0.29) is 5.57 Å². The first-order chi connectivity index (χ1) is 13.3. The summed E-state index contributed by atoms with van der Waals surface area (Å²) in [6.45, 7) is 3.27. The van der Waals surface area contributed by atoms with Crippen molar-refractivity contribution in [1.29, 1.82) is 0 Å². The van der Waals surface area contributed by atoms with E-state index in [1.54, 1.807) is 0 Å². The monoisotopic (exact) mass is 494 g/mol. The summed E-state index contributed by atoms with van der Waals surface area (Å²) >= 11 is 0. The maximum absolute atomic E-state index is 13.1. The number of aliphatic hydroxyl groups excluding tert-OH is 2. The van der Waals surface area contributed by atoms with E-state index in [1.807, 2.05) is 0 Å². The van der Waals surface area contributed by atoms with E-state index in [1.165, 1.54) is 6.92 Å². The number of halogens is 13. The molecule has 0 spiro atoms. The van der Waals surface area contributed by atoms with E-state index in [2.05, 4.69) is 6.58 Å². The Labute approximate surface area is 164 Å². The van der Waals surface area contributed by atoms with Crippen LogP contribution in [-0.4, -0.2) is 69.8 Å². The van der Waals surface area contributed by atoms with Gasteiger partial charge in [0.1, 0.15) is 0 Å². The normalized spacial score (nSPS) is 15.1. The van der Waals surface area contributed by atoms with Gasteiger partial charge in [0.25, 0.3) is 0 Å². The summed E-state index contributed by atoms with van der Waals surface area (Å²) in [5.41, 5.74) is 0.176. The molecule has 0 amide bonds. The molecule has 17 heteroatoms. The third-order valence-corrected chi connectivity index (χ3v) is 3.37. The molecular formula is C14H15F13O4. The van der Waals surface area contributed by atoms with Crippen molar-refractivity contribution in [3.8, 4) is 0 Å². The van der Waals surface area contributed by atoms with Crippen molar-refractivity contribution in [3.63, 3.8) is 0 Å². The van der Waals surface area contributed by atoms with Crippen LogP contribution in [0.3, 0.4) is 0 Å². The van der Waals surface area contributed by atoms with Crippen LogP contribution in [-0.2, 0) is 4.79 Å². The van der Waals surface area contributed by atoms with Crippen LogP contribution in [0.4, 0.5) is 57.1 Å². The largest absolute Gasteiger partial charge is 0.478 e. The second-order valence-corrected chi connectivity index (χ2v) is 5.96. The van der Waals surface area contributed by atoms with E-state index in [0.717, 1.165) is 0 Å². The summed E-state index contributed by atoms with van der Waals surface area (Å²) in [6.07, 6.45) is -13.7. The van der Waals surface area contributed by atoms with E-state index >= 15 is 0 Å². The number of carboxylic acids is 1. The molecule has 0 saturated heterocycles. The summed E-state index contributed by atoms with van der Waals surface area (Å²) < 4.78 is 165. The number of aliphatic carboxylic acids is 1. The lowest BCUT2D eigenvalue weighted by molar-refractivity contribution is -0.440. The molecule has 0 aliphatic carbocycles. The van der Waals surface area contributed by atoms with Crippen molar-refractivity contribution in [3.05, 3.63) is 12.2 Å². The second-order valence-electron chi connectivity index (χ2n) is 5.96. The van der Waals surface area contributed by atoms with Crippen molar-refractivity contribution in [2.45, 2.75) is 61.7 Å². The molecule has 1 atom stereocenters. The molecule has 0 heterocycles. The Hall–Kier alpha value is -1.78. The zero-order chi connectivity index (χ0) is 25.9. The highest BCUT2D eigenvalue weighted by Crippen LogP contribution is 2.60. The van der Waals surface area contributed by atoms with Gasteiger partial charge in [-0.1, -0.05) is 6.58 Å². The molecule has 0 fully saturated rings. The van der Waals surface area contributed by atoms with Gasteiger partial charge in [-0.2, -0.15) is 57.1 Å². The van der Waals surface area contributed by atoms with Crippen LogP contribution in [0, 0.1) is 0 Å².